The van der Waals surface area contributed by atoms with Gasteiger partial charge in [0.15, 0.2) is 0 Å². The minimum Gasteiger partial charge on any atom is -0.497 e. The van der Waals surface area contributed by atoms with Crippen LogP contribution in [0.15, 0.2) is 34.9 Å². The summed E-state index contributed by atoms with van der Waals surface area (Å²) in [6.45, 7) is 7.24. The van der Waals surface area contributed by atoms with Crippen molar-refractivity contribution in [3.63, 3.8) is 0 Å². The zero-order valence-corrected chi connectivity index (χ0v) is 15.1. The number of nitrogens with zero attached hydrogens (tertiary/aromatic N) is 3. The van der Waals surface area contributed by atoms with Gasteiger partial charge in [0.05, 0.1) is 19.2 Å². The van der Waals surface area contributed by atoms with Crippen molar-refractivity contribution in [1.82, 2.24) is 15.0 Å². The summed E-state index contributed by atoms with van der Waals surface area (Å²) < 4.78 is 10.3. The van der Waals surface area contributed by atoms with Crippen molar-refractivity contribution in [1.29, 1.82) is 0 Å². The van der Waals surface area contributed by atoms with Crippen LogP contribution in [0.2, 0.25) is 0 Å². The maximum Gasteiger partial charge on any atom is 0.228 e. The maximum atomic E-state index is 12.4. The van der Waals surface area contributed by atoms with Crippen LogP contribution in [0, 0.1) is 6.92 Å². The number of carbonyl (C=O) groups excluding carboxylic acids is 1. The highest BCUT2D eigenvalue weighted by Gasteiger charge is 2.25. The van der Waals surface area contributed by atoms with Crippen LogP contribution in [-0.4, -0.2) is 54.2 Å². The molecule has 1 fully saturated rings. The van der Waals surface area contributed by atoms with Gasteiger partial charge in [-0.3, -0.25) is 9.69 Å². The first-order chi connectivity index (χ1) is 12.1. The van der Waals surface area contributed by atoms with E-state index in [2.05, 4.69) is 29.1 Å². The second-order valence-corrected chi connectivity index (χ2v) is 6.48. The largest absolute Gasteiger partial charge is 0.497 e. The van der Waals surface area contributed by atoms with Gasteiger partial charge in [0.1, 0.15) is 11.5 Å². The molecule has 0 bridgehead atoms. The van der Waals surface area contributed by atoms with Crippen LogP contribution in [-0.2, 0) is 11.2 Å². The SMILES string of the molecule is COc1cccc([C@@H](C)N2CCN(C(=O)Cc3cc(C)on3)CC2)c1. The highest BCUT2D eigenvalue weighted by molar-refractivity contribution is 5.78. The van der Waals surface area contributed by atoms with E-state index in [0.717, 1.165) is 37.7 Å². The molecule has 0 N–H and O–H groups in total. The van der Waals surface area contributed by atoms with Gasteiger partial charge in [0.25, 0.3) is 0 Å². The molecule has 3 rings (SSSR count). The van der Waals surface area contributed by atoms with Gasteiger partial charge >= 0.3 is 0 Å². The molecule has 0 aliphatic carbocycles. The first-order valence-corrected chi connectivity index (χ1v) is 8.65. The zero-order valence-electron chi connectivity index (χ0n) is 15.1. The summed E-state index contributed by atoms with van der Waals surface area (Å²) in [5.41, 5.74) is 1.94. The molecular formula is C19H25N3O3. The molecule has 1 aliphatic rings. The van der Waals surface area contributed by atoms with Gasteiger partial charge in [-0.2, -0.15) is 0 Å². The lowest BCUT2D eigenvalue weighted by molar-refractivity contribution is -0.132. The summed E-state index contributed by atoms with van der Waals surface area (Å²) in [5, 5.41) is 3.90. The third-order valence-corrected chi connectivity index (χ3v) is 4.80. The van der Waals surface area contributed by atoms with Crippen molar-refractivity contribution in [3.8, 4) is 5.75 Å². The predicted octanol–water partition coefficient (Wildman–Crippen LogP) is 2.44. The molecule has 0 unspecified atom stereocenters. The Bertz CT molecular complexity index is 720. The highest BCUT2D eigenvalue weighted by Crippen LogP contribution is 2.25. The summed E-state index contributed by atoms with van der Waals surface area (Å²) in [5.74, 6) is 1.72. The molecule has 1 atom stereocenters. The molecule has 0 saturated carbocycles. The van der Waals surface area contributed by atoms with E-state index in [1.807, 2.05) is 30.0 Å². The van der Waals surface area contributed by atoms with E-state index >= 15 is 0 Å². The fraction of sp³-hybridized carbons (Fsp3) is 0.474. The van der Waals surface area contributed by atoms with Gasteiger partial charge in [-0.1, -0.05) is 17.3 Å². The molecule has 2 aromatic rings. The van der Waals surface area contributed by atoms with Crippen LogP contribution in [0.5, 0.6) is 5.75 Å². The second kappa shape index (κ2) is 7.70. The topological polar surface area (TPSA) is 58.8 Å². The molecule has 1 amide bonds. The van der Waals surface area contributed by atoms with Crippen molar-refractivity contribution in [2.75, 3.05) is 33.3 Å². The van der Waals surface area contributed by atoms with Gasteiger partial charge < -0.3 is 14.2 Å². The molecule has 2 heterocycles. The minimum atomic E-state index is 0.113. The molecule has 1 saturated heterocycles. The maximum absolute atomic E-state index is 12.4. The Kier molecular flexibility index (Phi) is 5.38. The molecule has 25 heavy (non-hydrogen) atoms. The Labute approximate surface area is 148 Å². The van der Waals surface area contributed by atoms with E-state index in [-0.39, 0.29) is 5.91 Å². The first-order valence-electron chi connectivity index (χ1n) is 8.65. The van der Waals surface area contributed by atoms with Crippen molar-refractivity contribution >= 4 is 5.91 Å². The number of piperazine rings is 1. The molecule has 6 heteroatoms. The highest BCUT2D eigenvalue weighted by atomic mass is 16.5. The van der Waals surface area contributed by atoms with E-state index in [4.69, 9.17) is 9.26 Å². The fourth-order valence-corrected chi connectivity index (χ4v) is 3.24. The number of carbonyl (C=O) groups is 1. The van der Waals surface area contributed by atoms with Crippen molar-refractivity contribution < 1.29 is 14.1 Å². The Morgan fingerprint density at radius 3 is 2.68 bits per heavy atom. The number of rotatable bonds is 5. The van der Waals surface area contributed by atoms with Crippen LogP contribution in [0.1, 0.15) is 30.0 Å². The number of amides is 1. The van der Waals surface area contributed by atoms with Crippen molar-refractivity contribution in [2.45, 2.75) is 26.3 Å². The number of benzene rings is 1. The average molecular weight is 343 g/mol. The fourth-order valence-electron chi connectivity index (χ4n) is 3.24. The Morgan fingerprint density at radius 2 is 2.04 bits per heavy atom. The van der Waals surface area contributed by atoms with E-state index in [9.17, 15) is 4.79 Å². The lowest BCUT2D eigenvalue weighted by Gasteiger charge is -2.38. The van der Waals surface area contributed by atoms with Crippen LogP contribution < -0.4 is 4.74 Å². The Morgan fingerprint density at radius 1 is 1.28 bits per heavy atom. The molecule has 6 nitrogen and oxygen atoms in total. The average Bonchev–Trinajstić information content (AvgIpc) is 3.06. The summed E-state index contributed by atoms with van der Waals surface area (Å²) in [6, 6.07) is 10.3. The van der Waals surface area contributed by atoms with Crippen molar-refractivity contribution in [3.05, 3.63) is 47.3 Å². The molecule has 0 spiro atoms. The van der Waals surface area contributed by atoms with Gasteiger partial charge in [-0.15, -0.1) is 0 Å². The number of aryl methyl sites for hydroxylation is 1. The van der Waals surface area contributed by atoms with E-state index < -0.39 is 0 Å². The van der Waals surface area contributed by atoms with Crippen LogP contribution in [0.4, 0.5) is 0 Å². The first kappa shape index (κ1) is 17.5. The molecule has 1 aromatic carbocycles. The van der Waals surface area contributed by atoms with Crippen molar-refractivity contribution in [2.24, 2.45) is 0 Å². The standard InChI is InChI=1S/C19H25N3O3/c1-14-11-17(20-25-14)13-19(23)22-9-7-21(8-10-22)15(2)16-5-4-6-18(12-16)24-3/h4-6,11-12,15H,7-10,13H2,1-3H3/t15-/m1/s1. The van der Waals surface area contributed by atoms with Gasteiger partial charge in [-0.05, 0) is 31.5 Å². The van der Waals surface area contributed by atoms with E-state index in [1.165, 1.54) is 5.56 Å². The molecule has 134 valence electrons. The minimum absolute atomic E-state index is 0.113. The zero-order chi connectivity index (χ0) is 17.8. The molecule has 1 aliphatic heterocycles. The van der Waals surface area contributed by atoms with E-state index in [0.29, 0.717) is 18.2 Å². The van der Waals surface area contributed by atoms with Gasteiger partial charge in [0.2, 0.25) is 5.91 Å². The van der Waals surface area contributed by atoms with Gasteiger partial charge in [0, 0.05) is 38.3 Å². The normalized spacial score (nSPS) is 16.7. The number of hydrogen-bond donors (Lipinski definition) is 0. The molecule has 1 aromatic heterocycles. The van der Waals surface area contributed by atoms with E-state index in [1.54, 1.807) is 7.11 Å². The molecular weight excluding hydrogens is 318 g/mol. The van der Waals surface area contributed by atoms with Crippen LogP contribution >= 0.6 is 0 Å². The number of hydrogen-bond acceptors (Lipinski definition) is 5. The summed E-state index contributed by atoms with van der Waals surface area (Å²) in [4.78, 5) is 16.7. The summed E-state index contributed by atoms with van der Waals surface area (Å²) >= 11 is 0. The monoisotopic (exact) mass is 343 g/mol. The lowest BCUT2D eigenvalue weighted by Crippen LogP contribution is -2.49. The smallest absolute Gasteiger partial charge is 0.228 e. The third kappa shape index (κ3) is 4.20. The summed E-state index contributed by atoms with van der Waals surface area (Å²) in [7, 11) is 1.69. The quantitative estimate of drug-likeness (QED) is 0.834. The predicted molar refractivity (Wildman–Crippen MR) is 94.5 cm³/mol. The summed E-state index contributed by atoms with van der Waals surface area (Å²) in [6.07, 6.45) is 0.308. The second-order valence-electron chi connectivity index (χ2n) is 6.48. The Balaban J connectivity index is 1.54. The van der Waals surface area contributed by atoms with Crippen LogP contribution in [0.25, 0.3) is 0 Å². The Hall–Kier alpha value is -2.34. The third-order valence-electron chi connectivity index (χ3n) is 4.80. The number of ether oxygens (including phenoxy) is 1. The van der Waals surface area contributed by atoms with Crippen LogP contribution in [0.3, 0.4) is 0 Å². The van der Waals surface area contributed by atoms with Gasteiger partial charge in [-0.25, -0.2) is 0 Å². The number of methoxy groups -OCH3 is 1. The number of aromatic nitrogens is 1. The molecule has 0 radical (unpaired) electrons. The lowest BCUT2D eigenvalue weighted by atomic mass is 10.1.